The highest BCUT2D eigenvalue weighted by atomic mass is 15.4. The number of hydrogen-bond acceptors (Lipinski definition) is 3. The lowest BCUT2D eigenvalue weighted by Gasteiger charge is -2.09. The van der Waals surface area contributed by atoms with Gasteiger partial charge in [0.25, 0.3) is 0 Å². The molecular formula is C21H20N4. The van der Waals surface area contributed by atoms with Gasteiger partial charge >= 0.3 is 0 Å². The molecule has 4 aromatic rings. The van der Waals surface area contributed by atoms with E-state index < -0.39 is 0 Å². The lowest BCUT2D eigenvalue weighted by Crippen LogP contribution is -1.96. The Hall–Kier alpha value is -3.14. The predicted octanol–water partition coefficient (Wildman–Crippen LogP) is 5.26. The van der Waals surface area contributed by atoms with Crippen molar-refractivity contribution in [1.29, 1.82) is 0 Å². The number of nitrogens with one attached hydrogen (secondary N) is 1. The smallest absolute Gasteiger partial charge is 0.247 e. The van der Waals surface area contributed by atoms with Gasteiger partial charge in [-0.2, -0.15) is 4.98 Å². The molecule has 0 spiro atoms. The molecule has 4 rings (SSSR count). The molecule has 4 heteroatoms. The van der Waals surface area contributed by atoms with Crippen LogP contribution >= 0.6 is 0 Å². The third-order valence-corrected chi connectivity index (χ3v) is 4.24. The third-order valence-electron chi connectivity index (χ3n) is 4.24. The van der Waals surface area contributed by atoms with E-state index in [2.05, 4.69) is 59.6 Å². The first kappa shape index (κ1) is 15.4. The van der Waals surface area contributed by atoms with Crippen molar-refractivity contribution in [3.8, 4) is 11.3 Å². The third kappa shape index (κ3) is 3.11. The molecule has 0 aliphatic heterocycles. The van der Waals surface area contributed by atoms with Gasteiger partial charge in [-0.1, -0.05) is 56.3 Å². The Balaban J connectivity index is 1.76. The number of benzene rings is 2. The van der Waals surface area contributed by atoms with Crippen LogP contribution in [0.4, 0.5) is 11.6 Å². The number of aromatic nitrogens is 3. The topological polar surface area (TPSA) is 42.2 Å². The van der Waals surface area contributed by atoms with Crippen molar-refractivity contribution < 1.29 is 0 Å². The van der Waals surface area contributed by atoms with E-state index in [0.29, 0.717) is 11.9 Å². The van der Waals surface area contributed by atoms with Crippen molar-refractivity contribution in [3.05, 3.63) is 78.4 Å². The monoisotopic (exact) mass is 328 g/mol. The largest absolute Gasteiger partial charge is 0.323 e. The number of nitrogens with zero attached hydrogens (tertiary/aromatic N) is 3. The average molecular weight is 328 g/mol. The maximum Gasteiger partial charge on any atom is 0.247 e. The van der Waals surface area contributed by atoms with Crippen LogP contribution in [0.5, 0.6) is 0 Å². The number of fused-ring (bicyclic) bond motifs is 1. The summed E-state index contributed by atoms with van der Waals surface area (Å²) in [5, 5.41) is 7.91. The summed E-state index contributed by atoms with van der Waals surface area (Å²) in [5.74, 6) is 1.09. The van der Waals surface area contributed by atoms with Gasteiger partial charge in [-0.25, -0.2) is 4.52 Å². The number of pyridine rings is 1. The highest BCUT2D eigenvalue weighted by Gasteiger charge is 2.10. The Morgan fingerprint density at radius 2 is 1.68 bits per heavy atom. The van der Waals surface area contributed by atoms with Crippen LogP contribution in [0.15, 0.2) is 72.8 Å². The normalized spacial score (nSPS) is 11.2. The number of rotatable bonds is 4. The van der Waals surface area contributed by atoms with Crippen LogP contribution in [-0.4, -0.2) is 14.6 Å². The van der Waals surface area contributed by atoms with E-state index in [1.165, 1.54) is 5.56 Å². The molecule has 0 aliphatic carbocycles. The number of hydrogen-bond donors (Lipinski definition) is 1. The second-order valence-electron chi connectivity index (χ2n) is 6.39. The molecule has 0 saturated heterocycles. The quantitative estimate of drug-likeness (QED) is 0.555. The first-order chi connectivity index (χ1) is 12.2. The van der Waals surface area contributed by atoms with Crippen molar-refractivity contribution in [2.75, 3.05) is 5.32 Å². The Morgan fingerprint density at radius 1 is 0.880 bits per heavy atom. The van der Waals surface area contributed by atoms with E-state index in [0.717, 1.165) is 22.6 Å². The SMILES string of the molecule is CC(C)c1cccc(-c2cccc3nc(Nc4ccccc4)nn23)c1. The first-order valence-corrected chi connectivity index (χ1v) is 8.49. The molecule has 2 aromatic heterocycles. The molecule has 1 N–H and O–H groups in total. The maximum atomic E-state index is 4.65. The molecule has 4 nitrogen and oxygen atoms in total. The van der Waals surface area contributed by atoms with Gasteiger partial charge in [-0.15, -0.1) is 5.10 Å². The van der Waals surface area contributed by atoms with Gasteiger partial charge in [0.2, 0.25) is 5.95 Å². The fourth-order valence-electron chi connectivity index (χ4n) is 2.88. The summed E-state index contributed by atoms with van der Waals surface area (Å²) in [7, 11) is 0. The summed E-state index contributed by atoms with van der Waals surface area (Å²) < 4.78 is 1.89. The maximum absolute atomic E-state index is 4.65. The lowest BCUT2D eigenvalue weighted by atomic mass is 9.99. The van der Waals surface area contributed by atoms with Crippen LogP contribution in [0.25, 0.3) is 16.9 Å². The summed E-state index contributed by atoms with van der Waals surface area (Å²) in [6.07, 6.45) is 0. The minimum atomic E-state index is 0.491. The summed E-state index contributed by atoms with van der Waals surface area (Å²) in [6, 6.07) is 24.6. The Kier molecular flexibility index (Phi) is 3.94. The first-order valence-electron chi connectivity index (χ1n) is 8.49. The van der Waals surface area contributed by atoms with Crippen LogP contribution in [0.1, 0.15) is 25.3 Å². The molecule has 0 aliphatic rings. The molecule has 124 valence electrons. The molecule has 2 heterocycles. The molecule has 0 bridgehead atoms. The fraction of sp³-hybridized carbons (Fsp3) is 0.143. The van der Waals surface area contributed by atoms with E-state index in [1.807, 2.05) is 47.0 Å². The van der Waals surface area contributed by atoms with Gasteiger partial charge in [0.15, 0.2) is 5.65 Å². The minimum Gasteiger partial charge on any atom is -0.323 e. The van der Waals surface area contributed by atoms with E-state index in [9.17, 15) is 0 Å². The summed E-state index contributed by atoms with van der Waals surface area (Å²) in [6.45, 7) is 4.41. The van der Waals surface area contributed by atoms with Crippen molar-refractivity contribution in [1.82, 2.24) is 14.6 Å². The van der Waals surface area contributed by atoms with Gasteiger partial charge in [0.05, 0.1) is 5.69 Å². The van der Waals surface area contributed by atoms with Gasteiger partial charge in [0, 0.05) is 11.3 Å². The number of para-hydroxylation sites is 1. The van der Waals surface area contributed by atoms with Gasteiger partial charge in [-0.05, 0) is 41.8 Å². The highest BCUT2D eigenvalue weighted by molar-refractivity contribution is 5.65. The van der Waals surface area contributed by atoms with Crippen LogP contribution < -0.4 is 5.32 Å². The van der Waals surface area contributed by atoms with E-state index >= 15 is 0 Å². The van der Waals surface area contributed by atoms with Crippen molar-refractivity contribution in [2.24, 2.45) is 0 Å². The molecule has 0 radical (unpaired) electrons. The Morgan fingerprint density at radius 3 is 2.48 bits per heavy atom. The van der Waals surface area contributed by atoms with Crippen LogP contribution in [0.2, 0.25) is 0 Å². The molecule has 25 heavy (non-hydrogen) atoms. The molecule has 0 unspecified atom stereocenters. The summed E-state index contributed by atoms with van der Waals surface area (Å²) in [4.78, 5) is 4.59. The van der Waals surface area contributed by atoms with E-state index in [4.69, 9.17) is 0 Å². The van der Waals surface area contributed by atoms with E-state index in [-0.39, 0.29) is 0 Å². The number of anilines is 2. The zero-order valence-corrected chi connectivity index (χ0v) is 14.3. The zero-order chi connectivity index (χ0) is 17.2. The summed E-state index contributed by atoms with van der Waals surface area (Å²) in [5.41, 5.74) is 5.30. The lowest BCUT2D eigenvalue weighted by molar-refractivity contribution is 0.866. The minimum absolute atomic E-state index is 0.491. The second kappa shape index (κ2) is 6.40. The Bertz CT molecular complexity index is 1000. The standard InChI is InChI=1S/C21H20N4/c1-15(2)16-8-6-9-17(14-16)19-12-7-13-20-23-21(24-25(19)20)22-18-10-4-3-5-11-18/h3-15H,1-2H3,(H,22,24). The van der Waals surface area contributed by atoms with Gasteiger partial charge in [0.1, 0.15) is 0 Å². The highest BCUT2D eigenvalue weighted by Crippen LogP contribution is 2.25. The fourth-order valence-corrected chi connectivity index (χ4v) is 2.88. The van der Waals surface area contributed by atoms with Crippen molar-refractivity contribution >= 4 is 17.3 Å². The molecule has 0 amide bonds. The molecular weight excluding hydrogens is 308 g/mol. The Labute approximate surface area is 147 Å². The average Bonchev–Trinajstić information content (AvgIpc) is 3.05. The van der Waals surface area contributed by atoms with Gasteiger partial charge < -0.3 is 5.32 Å². The zero-order valence-electron chi connectivity index (χ0n) is 14.3. The van der Waals surface area contributed by atoms with Crippen molar-refractivity contribution in [3.63, 3.8) is 0 Å². The van der Waals surface area contributed by atoms with E-state index in [1.54, 1.807) is 0 Å². The molecule has 0 atom stereocenters. The predicted molar refractivity (Wildman–Crippen MR) is 102 cm³/mol. The van der Waals surface area contributed by atoms with Gasteiger partial charge in [-0.3, -0.25) is 0 Å². The molecule has 2 aromatic carbocycles. The summed E-state index contributed by atoms with van der Waals surface area (Å²) >= 11 is 0. The molecule has 0 saturated carbocycles. The van der Waals surface area contributed by atoms with Crippen LogP contribution in [-0.2, 0) is 0 Å². The van der Waals surface area contributed by atoms with Crippen LogP contribution in [0, 0.1) is 0 Å². The van der Waals surface area contributed by atoms with Crippen LogP contribution in [0.3, 0.4) is 0 Å². The second-order valence-corrected chi connectivity index (χ2v) is 6.39. The van der Waals surface area contributed by atoms with Crippen molar-refractivity contribution in [2.45, 2.75) is 19.8 Å². The molecule has 0 fully saturated rings.